The van der Waals surface area contributed by atoms with E-state index in [1.165, 1.54) is 0 Å². The van der Waals surface area contributed by atoms with E-state index in [4.69, 9.17) is 10.6 Å². The summed E-state index contributed by atoms with van der Waals surface area (Å²) in [7, 11) is 3.72. The summed E-state index contributed by atoms with van der Waals surface area (Å²) in [6.45, 7) is 4.37. The second-order valence-electron chi connectivity index (χ2n) is 4.21. The molecule has 0 aliphatic rings. The molecule has 0 bridgehead atoms. The monoisotopic (exact) mass is 269 g/mol. The van der Waals surface area contributed by atoms with Gasteiger partial charge in [-0.05, 0) is 12.8 Å². The molecule has 0 aliphatic heterocycles. The maximum atomic E-state index is 5.39. The normalized spacial score (nSPS) is 10.3. The predicted molar refractivity (Wildman–Crippen MR) is 76.2 cm³/mol. The van der Waals surface area contributed by atoms with Crippen LogP contribution < -0.4 is 21.5 Å². The SMILES string of the molecule is CCCOCCCNc1nc(NN)nc(N(C)C)n1. The van der Waals surface area contributed by atoms with Crippen molar-refractivity contribution < 1.29 is 4.74 Å². The molecule has 0 atom stereocenters. The fraction of sp³-hybridized carbons (Fsp3) is 0.727. The molecule has 0 radical (unpaired) electrons. The summed E-state index contributed by atoms with van der Waals surface area (Å²) >= 11 is 0. The summed E-state index contributed by atoms with van der Waals surface area (Å²) < 4.78 is 5.39. The van der Waals surface area contributed by atoms with E-state index < -0.39 is 0 Å². The van der Waals surface area contributed by atoms with Gasteiger partial charge in [0.1, 0.15) is 0 Å². The molecule has 19 heavy (non-hydrogen) atoms. The van der Waals surface area contributed by atoms with Crippen molar-refractivity contribution >= 4 is 17.8 Å². The van der Waals surface area contributed by atoms with Gasteiger partial charge < -0.3 is 15.0 Å². The average Bonchev–Trinajstić information content (AvgIpc) is 2.42. The smallest absolute Gasteiger partial charge is 0.243 e. The lowest BCUT2D eigenvalue weighted by molar-refractivity contribution is 0.134. The Labute approximate surface area is 113 Å². The van der Waals surface area contributed by atoms with Crippen LogP contribution in [0.25, 0.3) is 0 Å². The van der Waals surface area contributed by atoms with Crippen LogP contribution in [0.15, 0.2) is 0 Å². The molecular weight excluding hydrogens is 246 g/mol. The first kappa shape index (κ1) is 15.4. The van der Waals surface area contributed by atoms with E-state index in [-0.39, 0.29) is 0 Å². The van der Waals surface area contributed by atoms with Crippen LogP contribution in [0.5, 0.6) is 0 Å². The van der Waals surface area contributed by atoms with Gasteiger partial charge in [0.2, 0.25) is 17.8 Å². The number of nitrogens with two attached hydrogens (primary N) is 1. The van der Waals surface area contributed by atoms with Crippen molar-refractivity contribution in [1.82, 2.24) is 15.0 Å². The van der Waals surface area contributed by atoms with E-state index in [0.29, 0.717) is 17.8 Å². The molecule has 0 spiro atoms. The lowest BCUT2D eigenvalue weighted by Crippen LogP contribution is -2.19. The number of nitrogens with zero attached hydrogens (tertiary/aromatic N) is 4. The quantitative estimate of drug-likeness (QED) is 0.337. The van der Waals surface area contributed by atoms with Gasteiger partial charge in [0.15, 0.2) is 0 Å². The number of aromatic nitrogens is 3. The molecule has 0 saturated heterocycles. The Morgan fingerprint density at radius 2 is 1.89 bits per heavy atom. The maximum absolute atomic E-state index is 5.39. The summed E-state index contributed by atoms with van der Waals surface area (Å²) in [5, 5.41) is 3.13. The largest absolute Gasteiger partial charge is 0.381 e. The van der Waals surface area contributed by atoms with Crippen molar-refractivity contribution in [2.75, 3.05) is 49.5 Å². The van der Waals surface area contributed by atoms with Gasteiger partial charge in [-0.3, -0.25) is 5.43 Å². The maximum Gasteiger partial charge on any atom is 0.243 e. The molecule has 1 heterocycles. The van der Waals surface area contributed by atoms with Crippen molar-refractivity contribution in [3.8, 4) is 0 Å². The van der Waals surface area contributed by atoms with E-state index in [9.17, 15) is 0 Å². The van der Waals surface area contributed by atoms with Gasteiger partial charge in [0.05, 0.1) is 0 Å². The van der Waals surface area contributed by atoms with E-state index >= 15 is 0 Å². The number of nitrogens with one attached hydrogen (secondary N) is 2. The molecule has 0 aromatic carbocycles. The fourth-order valence-electron chi connectivity index (χ4n) is 1.33. The van der Waals surface area contributed by atoms with Crippen LogP contribution in [0, 0.1) is 0 Å². The van der Waals surface area contributed by atoms with E-state index in [1.807, 2.05) is 14.1 Å². The Balaban J connectivity index is 2.46. The number of ether oxygens (including phenoxy) is 1. The molecule has 1 aromatic heterocycles. The molecule has 8 nitrogen and oxygen atoms in total. The predicted octanol–water partition coefficient (Wildman–Crippen LogP) is 0.452. The zero-order valence-corrected chi connectivity index (χ0v) is 11.8. The standard InChI is InChI=1S/C11H23N7O/c1-4-7-19-8-5-6-13-9-14-10(17-12)16-11(15-9)18(2)3/h4-8,12H2,1-3H3,(H2,13,14,15,16,17). The Morgan fingerprint density at radius 1 is 1.16 bits per heavy atom. The zero-order valence-electron chi connectivity index (χ0n) is 11.8. The summed E-state index contributed by atoms with van der Waals surface area (Å²) in [6.07, 6.45) is 1.94. The van der Waals surface area contributed by atoms with Crippen LogP contribution in [0.4, 0.5) is 17.8 Å². The molecule has 0 amide bonds. The zero-order chi connectivity index (χ0) is 14.1. The number of hydrogen-bond acceptors (Lipinski definition) is 8. The van der Waals surface area contributed by atoms with Crippen molar-refractivity contribution in [3.05, 3.63) is 0 Å². The van der Waals surface area contributed by atoms with Crippen LogP contribution in [0.2, 0.25) is 0 Å². The first-order valence-electron chi connectivity index (χ1n) is 6.39. The lowest BCUT2D eigenvalue weighted by atomic mass is 10.4. The molecule has 0 fully saturated rings. The Morgan fingerprint density at radius 3 is 2.53 bits per heavy atom. The minimum Gasteiger partial charge on any atom is -0.381 e. The minimum absolute atomic E-state index is 0.337. The molecule has 0 unspecified atom stereocenters. The summed E-state index contributed by atoms with van der Waals surface area (Å²) in [6, 6.07) is 0. The van der Waals surface area contributed by atoms with E-state index in [2.05, 4.69) is 32.6 Å². The summed E-state index contributed by atoms with van der Waals surface area (Å²) in [5.41, 5.74) is 2.43. The number of anilines is 3. The Bertz CT molecular complexity index is 372. The molecule has 108 valence electrons. The molecule has 1 rings (SSSR count). The highest BCUT2D eigenvalue weighted by atomic mass is 16.5. The van der Waals surface area contributed by atoms with Crippen molar-refractivity contribution in [2.24, 2.45) is 5.84 Å². The molecular formula is C11H23N7O. The summed E-state index contributed by atoms with van der Waals surface area (Å²) in [5.74, 6) is 6.72. The third kappa shape index (κ3) is 5.66. The summed E-state index contributed by atoms with van der Waals surface area (Å²) in [4.78, 5) is 14.3. The number of hydrazine groups is 1. The first-order chi connectivity index (χ1) is 9.17. The molecule has 8 heteroatoms. The van der Waals surface area contributed by atoms with Gasteiger partial charge in [0, 0.05) is 33.9 Å². The minimum atomic E-state index is 0.337. The van der Waals surface area contributed by atoms with Crippen LogP contribution in [-0.2, 0) is 4.74 Å². The Kier molecular flexibility index (Phi) is 6.83. The second kappa shape index (κ2) is 8.44. The fourth-order valence-corrected chi connectivity index (χ4v) is 1.33. The van der Waals surface area contributed by atoms with Gasteiger partial charge >= 0.3 is 0 Å². The van der Waals surface area contributed by atoms with Crippen molar-refractivity contribution in [2.45, 2.75) is 19.8 Å². The topological polar surface area (TPSA) is 101 Å². The van der Waals surface area contributed by atoms with Crippen LogP contribution in [-0.4, -0.2) is 48.8 Å². The number of rotatable bonds is 9. The van der Waals surface area contributed by atoms with Gasteiger partial charge in [-0.25, -0.2) is 5.84 Å². The highest BCUT2D eigenvalue weighted by molar-refractivity contribution is 5.42. The van der Waals surface area contributed by atoms with Gasteiger partial charge in [0.25, 0.3) is 0 Å². The lowest BCUT2D eigenvalue weighted by Gasteiger charge is -2.13. The molecule has 1 aromatic rings. The van der Waals surface area contributed by atoms with E-state index in [1.54, 1.807) is 4.90 Å². The Hall–Kier alpha value is -1.67. The van der Waals surface area contributed by atoms with Crippen molar-refractivity contribution in [3.63, 3.8) is 0 Å². The van der Waals surface area contributed by atoms with Gasteiger partial charge in [-0.1, -0.05) is 6.92 Å². The first-order valence-corrected chi connectivity index (χ1v) is 6.39. The van der Waals surface area contributed by atoms with Crippen molar-refractivity contribution in [1.29, 1.82) is 0 Å². The molecule has 0 saturated carbocycles. The number of nitrogen functional groups attached to an aromatic ring is 1. The molecule has 0 aliphatic carbocycles. The highest BCUT2D eigenvalue weighted by Gasteiger charge is 2.06. The van der Waals surface area contributed by atoms with Crippen LogP contribution in [0.1, 0.15) is 19.8 Å². The third-order valence-corrected chi connectivity index (χ3v) is 2.25. The van der Waals surface area contributed by atoms with Gasteiger partial charge in [-0.15, -0.1) is 0 Å². The third-order valence-electron chi connectivity index (χ3n) is 2.25. The van der Waals surface area contributed by atoms with Gasteiger partial charge in [-0.2, -0.15) is 15.0 Å². The molecule has 4 N–H and O–H groups in total. The van der Waals surface area contributed by atoms with E-state index in [0.717, 1.165) is 32.6 Å². The second-order valence-corrected chi connectivity index (χ2v) is 4.21. The van der Waals surface area contributed by atoms with Crippen LogP contribution in [0.3, 0.4) is 0 Å². The highest BCUT2D eigenvalue weighted by Crippen LogP contribution is 2.10. The van der Waals surface area contributed by atoms with Crippen LogP contribution >= 0.6 is 0 Å². The average molecular weight is 269 g/mol. The number of hydrogen-bond donors (Lipinski definition) is 3.